The van der Waals surface area contributed by atoms with Crippen LogP contribution in [0, 0.1) is 18.3 Å². The zero-order valence-electron chi connectivity index (χ0n) is 11.5. The van der Waals surface area contributed by atoms with Gasteiger partial charge >= 0.3 is 5.97 Å². The number of carbonyl (C=O) groups excluding carboxylic acids is 1. The van der Waals surface area contributed by atoms with Crippen molar-refractivity contribution in [3.63, 3.8) is 0 Å². The summed E-state index contributed by atoms with van der Waals surface area (Å²) in [7, 11) is 0. The summed E-state index contributed by atoms with van der Waals surface area (Å²) in [5.74, 6) is -0.426. The molecule has 0 bridgehead atoms. The number of aromatic nitrogens is 1. The lowest BCUT2D eigenvalue weighted by atomic mass is 10.1. The number of nitriles is 1. The van der Waals surface area contributed by atoms with Crippen molar-refractivity contribution < 1.29 is 9.53 Å². The zero-order chi connectivity index (χ0) is 14.4. The van der Waals surface area contributed by atoms with Crippen LogP contribution in [0.4, 0.5) is 0 Å². The van der Waals surface area contributed by atoms with Crippen molar-refractivity contribution in [2.24, 2.45) is 0 Å². The van der Waals surface area contributed by atoms with Gasteiger partial charge in [-0.15, -0.1) is 0 Å². The summed E-state index contributed by atoms with van der Waals surface area (Å²) in [5.41, 5.74) is 0.236. The largest absolute Gasteiger partial charge is 0.464 e. The zero-order valence-corrected chi connectivity index (χ0v) is 11.5. The third-order valence-corrected chi connectivity index (χ3v) is 2.86. The Labute approximate surface area is 112 Å². The van der Waals surface area contributed by atoms with Crippen molar-refractivity contribution in [2.75, 3.05) is 6.61 Å². The Morgan fingerprint density at radius 3 is 2.68 bits per heavy atom. The van der Waals surface area contributed by atoms with E-state index < -0.39 is 17.6 Å². The van der Waals surface area contributed by atoms with Crippen LogP contribution in [0.1, 0.15) is 44.0 Å². The number of esters is 1. The molecule has 102 valence electrons. The molecular weight excluding hydrogens is 244 g/mol. The highest BCUT2D eigenvalue weighted by molar-refractivity contribution is 5.74. The molecule has 5 heteroatoms. The monoisotopic (exact) mass is 262 g/mol. The van der Waals surface area contributed by atoms with E-state index in [1.54, 1.807) is 13.0 Å². The highest BCUT2D eigenvalue weighted by atomic mass is 16.5. The molecule has 5 nitrogen and oxygen atoms in total. The maximum absolute atomic E-state index is 12.1. The number of nitrogens with zero attached hydrogens (tertiary/aromatic N) is 2. The van der Waals surface area contributed by atoms with E-state index in [2.05, 4.69) is 0 Å². The fraction of sp³-hybridized carbons (Fsp3) is 0.500. The van der Waals surface area contributed by atoms with Gasteiger partial charge in [0.05, 0.1) is 6.61 Å². The lowest BCUT2D eigenvalue weighted by molar-refractivity contribution is -0.148. The maximum Gasteiger partial charge on any atom is 0.329 e. The van der Waals surface area contributed by atoms with Crippen molar-refractivity contribution in [3.05, 3.63) is 33.7 Å². The van der Waals surface area contributed by atoms with Crippen LogP contribution in [0.3, 0.4) is 0 Å². The Morgan fingerprint density at radius 1 is 1.47 bits per heavy atom. The minimum atomic E-state index is -0.674. The van der Waals surface area contributed by atoms with Gasteiger partial charge in [-0.3, -0.25) is 9.36 Å². The van der Waals surface area contributed by atoms with E-state index in [-0.39, 0.29) is 5.56 Å². The molecule has 0 N–H and O–H groups in total. The second-order valence-electron chi connectivity index (χ2n) is 4.27. The first-order valence-electron chi connectivity index (χ1n) is 6.35. The van der Waals surface area contributed by atoms with Crippen LogP contribution >= 0.6 is 0 Å². The lowest BCUT2D eigenvalue weighted by Crippen LogP contribution is -2.33. The van der Waals surface area contributed by atoms with Gasteiger partial charge in [0, 0.05) is 5.69 Å². The predicted molar refractivity (Wildman–Crippen MR) is 70.7 cm³/mol. The molecule has 1 rings (SSSR count). The predicted octanol–water partition coefficient (Wildman–Crippen LogP) is 1.93. The normalized spacial score (nSPS) is 11.7. The number of hydrogen-bond donors (Lipinski definition) is 0. The fourth-order valence-electron chi connectivity index (χ4n) is 1.87. The van der Waals surface area contributed by atoms with E-state index in [9.17, 15) is 9.59 Å². The van der Waals surface area contributed by atoms with Crippen LogP contribution in [-0.2, 0) is 9.53 Å². The summed E-state index contributed by atoms with van der Waals surface area (Å²) in [6, 6.07) is 4.30. The third kappa shape index (κ3) is 3.22. The molecule has 0 amide bonds. The van der Waals surface area contributed by atoms with Gasteiger partial charge in [-0.05, 0) is 31.9 Å². The second kappa shape index (κ2) is 6.74. The average Bonchev–Trinajstić information content (AvgIpc) is 2.41. The van der Waals surface area contributed by atoms with Crippen LogP contribution in [0.5, 0.6) is 0 Å². The van der Waals surface area contributed by atoms with Crippen molar-refractivity contribution >= 4 is 5.97 Å². The third-order valence-electron chi connectivity index (χ3n) is 2.86. The SMILES string of the molecule is CCCOC(=O)C(CC)n1c(C)ccc(C#N)c1=O. The highest BCUT2D eigenvalue weighted by Gasteiger charge is 2.23. The summed E-state index contributed by atoms with van der Waals surface area (Å²) in [5, 5.41) is 8.89. The molecule has 0 radical (unpaired) electrons. The molecule has 1 atom stereocenters. The molecule has 0 aliphatic rings. The summed E-state index contributed by atoms with van der Waals surface area (Å²) in [4.78, 5) is 24.1. The van der Waals surface area contributed by atoms with Gasteiger partial charge in [0.2, 0.25) is 0 Å². The number of carbonyl (C=O) groups is 1. The minimum absolute atomic E-state index is 0.0346. The number of pyridine rings is 1. The van der Waals surface area contributed by atoms with Gasteiger partial charge < -0.3 is 4.74 Å². The first kappa shape index (κ1) is 15.0. The Bertz CT molecular complexity index is 555. The Kier molecular flexibility index (Phi) is 5.31. The van der Waals surface area contributed by atoms with Crippen molar-refractivity contribution in [2.45, 2.75) is 39.7 Å². The summed E-state index contributed by atoms with van der Waals surface area (Å²) >= 11 is 0. The van der Waals surface area contributed by atoms with Gasteiger partial charge in [-0.1, -0.05) is 13.8 Å². The number of hydrogen-bond acceptors (Lipinski definition) is 4. The molecule has 0 spiro atoms. The van der Waals surface area contributed by atoms with Gasteiger partial charge in [-0.25, -0.2) is 4.79 Å². The Morgan fingerprint density at radius 2 is 2.16 bits per heavy atom. The summed E-state index contributed by atoms with van der Waals surface area (Å²) < 4.78 is 6.44. The van der Waals surface area contributed by atoms with E-state index >= 15 is 0 Å². The summed E-state index contributed by atoms with van der Waals surface area (Å²) in [6.45, 7) is 5.78. The highest BCUT2D eigenvalue weighted by Crippen LogP contribution is 2.14. The Hall–Kier alpha value is -2.09. The van der Waals surface area contributed by atoms with Crippen molar-refractivity contribution in [1.29, 1.82) is 5.26 Å². The number of rotatable bonds is 5. The van der Waals surface area contributed by atoms with E-state index in [1.165, 1.54) is 10.6 Å². The van der Waals surface area contributed by atoms with Crippen LogP contribution in [0.2, 0.25) is 0 Å². The molecule has 0 aliphatic heterocycles. The molecule has 0 aliphatic carbocycles. The van der Waals surface area contributed by atoms with Gasteiger partial charge in [0.1, 0.15) is 17.7 Å². The molecule has 19 heavy (non-hydrogen) atoms. The minimum Gasteiger partial charge on any atom is -0.464 e. The first-order chi connectivity index (χ1) is 9.06. The lowest BCUT2D eigenvalue weighted by Gasteiger charge is -2.19. The average molecular weight is 262 g/mol. The molecule has 1 unspecified atom stereocenters. The van der Waals surface area contributed by atoms with E-state index in [0.717, 1.165) is 6.42 Å². The smallest absolute Gasteiger partial charge is 0.329 e. The molecule has 1 aromatic heterocycles. The number of ether oxygens (including phenoxy) is 1. The Balaban J connectivity index is 3.22. The van der Waals surface area contributed by atoms with Crippen LogP contribution in [0.15, 0.2) is 16.9 Å². The first-order valence-corrected chi connectivity index (χ1v) is 6.35. The molecule has 1 aromatic rings. The molecular formula is C14H18N2O3. The van der Waals surface area contributed by atoms with Crippen LogP contribution in [0.25, 0.3) is 0 Å². The van der Waals surface area contributed by atoms with Gasteiger partial charge in [-0.2, -0.15) is 5.26 Å². The quantitative estimate of drug-likeness (QED) is 0.760. The molecule has 0 saturated carbocycles. The molecule has 1 heterocycles. The molecule has 0 fully saturated rings. The van der Waals surface area contributed by atoms with E-state index in [1.807, 2.05) is 19.9 Å². The summed E-state index contributed by atoms with van der Waals surface area (Å²) in [6.07, 6.45) is 1.17. The van der Waals surface area contributed by atoms with Crippen molar-refractivity contribution in [3.8, 4) is 6.07 Å². The van der Waals surface area contributed by atoms with Crippen LogP contribution in [-0.4, -0.2) is 17.1 Å². The van der Waals surface area contributed by atoms with Crippen molar-refractivity contribution in [1.82, 2.24) is 4.57 Å². The molecule has 0 saturated heterocycles. The van der Waals surface area contributed by atoms with Crippen LogP contribution < -0.4 is 5.56 Å². The van der Waals surface area contributed by atoms with E-state index in [0.29, 0.717) is 18.7 Å². The van der Waals surface area contributed by atoms with Gasteiger partial charge in [0.15, 0.2) is 0 Å². The number of aryl methyl sites for hydroxylation is 1. The molecule has 0 aromatic carbocycles. The second-order valence-corrected chi connectivity index (χ2v) is 4.27. The van der Waals surface area contributed by atoms with E-state index in [4.69, 9.17) is 10.00 Å². The fourth-order valence-corrected chi connectivity index (χ4v) is 1.87. The van der Waals surface area contributed by atoms with Gasteiger partial charge in [0.25, 0.3) is 5.56 Å². The maximum atomic E-state index is 12.1. The standard InChI is InChI=1S/C14H18N2O3/c1-4-8-19-14(18)12(5-2)16-10(3)6-7-11(9-15)13(16)17/h6-7,12H,4-5,8H2,1-3H3. The topological polar surface area (TPSA) is 72.1 Å².